The van der Waals surface area contributed by atoms with Crippen molar-refractivity contribution in [2.45, 2.75) is 26.3 Å². The maximum absolute atomic E-state index is 6.18. The molecule has 1 atom stereocenters. The van der Waals surface area contributed by atoms with Crippen molar-refractivity contribution in [1.29, 1.82) is 0 Å². The number of hydrogen-bond acceptors (Lipinski definition) is 1. The van der Waals surface area contributed by atoms with Crippen molar-refractivity contribution in [2.24, 2.45) is 5.41 Å². The molecule has 3 heteroatoms. The third-order valence-electron chi connectivity index (χ3n) is 3.98. The van der Waals surface area contributed by atoms with Gasteiger partial charge in [0.2, 0.25) is 0 Å². The molecule has 20 heavy (non-hydrogen) atoms. The summed E-state index contributed by atoms with van der Waals surface area (Å²) >= 11 is 8.53. The van der Waals surface area contributed by atoms with Crippen molar-refractivity contribution in [1.82, 2.24) is 0 Å². The molecule has 0 saturated carbocycles. The Labute approximate surface area is 138 Å². The number of benzene rings is 2. The van der Waals surface area contributed by atoms with Crippen molar-refractivity contribution < 1.29 is 0 Å². The summed E-state index contributed by atoms with van der Waals surface area (Å²) in [6, 6.07) is 15.1. The van der Waals surface area contributed by atoms with Crippen LogP contribution >= 0.6 is 34.2 Å². The number of rotatable bonds is 2. The van der Waals surface area contributed by atoms with Gasteiger partial charge in [0.15, 0.2) is 0 Å². The van der Waals surface area contributed by atoms with Gasteiger partial charge in [-0.3, -0.25) is 0 Å². The highest BCUT2D eigenvalue weighted by Gasteiger charge is 2.38. The van der Waals surface area contributed by atoms with Crippen LogP contribution in [0, 0.1) is 8.99 Å². The molecule has 0 radical (unpaired) electrons. The Morgan fingerprint density at radius 2 is 2.00 bits per heavy atom. The van der Waals surface area contributed by atoms with E-state index in [9.17, 15) is 0 Å². The quantitative estimate of drug-likeness (QED) is 0.643. The first kappa shape index (κ1) is 14.2. The number of anilines is 1. The zero-order valence-electron chi connectivity index (χ0n) is 11.6. The van der Waals surface area contributed by atoms with E-state index in [1.807, 2.05) is 6.07 Å². The Morgan fingerprint density at radius 3 is 2.75 bits per heavy atom. The third kappa shape index (κ3) is 2.68. The van der Waals surface area contributed by atoms with Gasteiger partial charge >= 0.3 is 0 Å². The summed E-state index contributed by atoms with van der Waals surface area (Å²) in [7, 11) is 0. The molecule has 0 fully saturated rings. The molecule has 1 aliphatic carbocycles. The molecule has 2 aromatic rings. The average Bonchev–Trinajstić information content (AvgIpc) is 2.61. The molecule has 0 bridgehead atoms. The van der Waals surface area contributed by atoms with Crippen LogP contribution in [0.3, 0.4) is 0 Å². The lowest BCUT2D eigenvalue weighted by atomic mass is 9.85. The van der Waals surface area contributed by atoms with E-state index in [0.29, 0.717) is 6.04 Å². The highest BCUT2D eigenvalue weighted by Crippen LogP contribution is 2.47. The van der Waals surface area contributed by atoms with E-state index in [4.69, 9.17) is 11.6 Å². The number of halogens is 2. The van der Waals surface area contributed by atoms with Gasteiger partial charge in [0.1, 0.15) is 0 Å². The van der Waals surface area contributed by atoms with Crippen molar-refractivity contribution >= 4 is 39.9 Å². The first-order valence-electron chi connectivity index (χ1n) is 6.76. The topological polar surface area (TPSA) is 12.0 Å². The van der Waals surface area contributed by atoms with Gasteiger partial charge in [-0.05, 0) is 75.9 Å². The van der Waals surface area contributed by atoms with Gasteiger partial charge in [0.05, 0.1) is 6.04 Å². The van der Waals surface area contributed by atoms with Crippen molar-refractivity contribution in [3.8, 4) is 0 Å². The molecule has 0 aliphatic heterocycles. The zero-order valence-corrected chi connectivity index (χ0v) is 14.5. The molecule has 0 spiro atoms. The van der Waals surface area contributed by atoms with Crippen LogP contribution in [0.1, 0.15) is 31.0 Å². The van der Waals surface area contributed by atoms with Gasteiger partial charge in [-0.25, -0.2) is 0 Å². The Kier molecular flexibility index (Phi) is 3.71. The summed E-state index contributed by atoms with van der Waals surface area (Å²) in [6.07, 6.45) is 1.08. The standard InChI is InChI=1S/C17H17ClIN/c1-17(2)10-11-6-7-12(18)8-15(11)16(17)20-14-5-3-4-13(19)9-14/h3-9,16,20H,10H2,1-2H3. The van der Waals surface area contributed by atoms with E-state index in [-0.39, 0.29) is 5.41 Å². The maximum Gasteiger partial charge on any atom is 0.0571 e. The fraction of sp³-hybridized carbons (Fsp3) is 0.294. The normalized spacial score (nSPS) is 19.7. The minimum atomic E-state index is 0.189. The van der Waals surface area contributed by atoms with E-state index < -0.39 is 0 Å². The van der Waals surface area contributed by atoms with E-state index >= 15 is 0 Å². The lowest BCUT2D eigenvalue weighted by Crippen LogP contribution is -2.24. The van der Waals surface area contributed by atoms with E-state index in [1.165, 1.54) is 20.4 Å². The summed E-state index contributed by atoms with van der Waals surface area (Å²) in [5.74, 6) is 0. The monoisotopic (exact) mass is 397 g/mol. The second-order valence-electron chi connectivity index (χ2n) is 6.10. The molecular weight excluding hydrogens is 381 g/mol. The second kappa shape index (κ2) is 5.23. The Balaban J connectivity index is 1.98. The Hall–Kier alpha value is -0.740. The van der Waals surface area contributed by atoms with Crippen LogP contribution in [0.15, 0.2) is 42.5 Å². The van der Waals surface area contributed by atoms with Gasteiger partial charge in [0.25, 0.3) is 0 Å². The first-order chi connectivity index (χ1) is 9.45. The SMILES string of the molecule is CC1(C)Cc2ccc(Cl)cc2C1Nc1cccc(I)c1. The molecule has 0 amide bonds. The Bertz CT molecular complexity index is 651. The molecule has 1 N–H and O–H groups in total. The van der Waals surface area contributed by atoms with E-state index in [0.717, 1.165) is 11.4 Å². The number of nitrogens with one attached hydrogen (secondary N) is 1. The van der Waals surface area contributed by atoms with Crippen LogP contribution in [0.2, 0.25) is 5.02 Å². The first-order valence-corrected chi connectivity index (χ1v) is 8.22. The van der Waals surface area contributed by atoms with Gasteiger partial charge in [-0.1, -0.05) is 37.6 Å². The van der Waals surface area contributed by atoms with Crippen molar-refractivity contribution in [3.05, 3.63) is 62.2 Å². The maximum atomic E-state index is 6.18. The molecule has 1 nitrogen and oxygen atoms in total. The molecule has 1 aliphatic rings. The molecule has 0 saturated heterocycles. The predicted octanol–water partition coefficient (Wildman–Crippen LogP) is 5.68. The van der Waals surface area contributed by atoms with Crippen LogP contribution in [0.25, 0.3) is 0 Å². The fourth-order valence-corrected chi connectivity index (χ4v) is 3.75. The fourth-order valence-electron chi connectivity index (χ4n) is 3.03. The van der Waals surface area contributed by atoms with Crippen molar-refractivity contribution in [3.63, 3.8) is 0 Å². The van der Waals surface area contributed by atoms with Gasteiger partial charge < -0.3 is 5.32 Å². The minimum Gasteiger partial charge on any atom is -0.378 e. The summed E-state index contributed by atoms with van der Waals surface area (Å²) < 4.78 is 1.25. The molecule has 0 heterocycles. The average molecular weight is 398 g/mol. The van der Waals surface area contributed by atoms with E-state index in [1.54, 1.807) is 0 Å². The summed E-state index contributed by atoms with van der Waals surface area (Å²) in [5.41, 5.74) is 4.10. The highest BCUT2D eigenvalue weighted by atomic mass is 127. The zero-order chi connectivity index (χ0) is 14.3. The summed E-state index contributed by atoms with van der Waals surface area (Å²) in [5, 5.41) is 4.51. The molecule has 3 rings (SSSR count). The van der Waals surface area contributed by atoms with Crippen LogP contribution in [0.5, 0.6) is 0 Å². The highest BCUT2D eigenvalue weighted by molar-refractivity contribution is 14.1. The third-order valence-corrected chi connectivity index (χ3v) is 4.89. The Morgan fingerprint density at radius 1 is 1.20 bits per heavy atom. The number of fused-ring (bicyclic) bond motifs is 1. The van der Waals surface area contributed by atoms with Crippen LogP contribution < -0.4 is 5.32 Å². The molecule has 104 valence electrons. The lowest BCUT2D eigenvalue weighted by molar-refractivity contribution is 0.337. The van der Waals surface area contributed by atoms with E-state index in [2.05, 4.69) is 78.2 Å². The van der Waals surface area contributed by atoms with Gasteiger partial charge in [-0.15, -0.1) is 0 Å². The van der Waals surface area contributed by atoms with Crippen LogP contribution in [0.4, 0.5) is 5.69 Å². The second-order valence-corrected chi connectivity index (χ2v) is 7.78. The van der Waals surface area contributed by atoms with Gasteiger partial charge in [-0.2, -0.15) is 0 Å². The molecular formula is C17H17ClIN. The van der Waals surface area contributed by atoms with Crippen LogP contribution in [-0.2, 0) is 6.42 Å². The predicted molar refractivity (Wildman–Crippen MR) is 94.5 cm³/mol. The lowest BCUT2D eigenvalue weighted by Gasteiger charge is -2.29. The minimum absolute atomic E-state index is 0.189. The van der Waals surface area contributed by atoms with Gasteiger partial charge in [0, 0.05) is 14.3 Å². The summed E-state index contributed by atoms with van der Waals surface area (Å²) in [6.45, 7) is 4.62. The van der Waals surface area contributed by atoms with Crippen LogP contribution in [-0.4, -0.2) is 0 Å². The molecule has 1 unspecified atom stereocenters. The molecule has 2 aromatic carbocycles. The molecule has 0 aromatic heterocycles. The largest absolute Gasteiger partial charge is 0.378 e. The number of hydrogen-bond donors (Lipinski definition) is 1. The smallest absolute Gasteiger partial charge is 0.0571 e. The van der Waals surface area contributed by atoms with Crippen molar-refractivity contribution in [2.75, 3.05) is 5.32 Å². The summed E-state index contributed by atoms with van der Waals surface area (Å²) in [4.78, 5) is 0.